The Hall–Kier alpha value is -1.19. The number of fused-ring (bicyclic) bond motifs is 1. The second-order valence-electron chi connectivity index (χ2n) is 6.47. The Morgan fingerprint density at radius 3 is 2.76 bits per heavy atom. The van der Waals surface area contributed by atoms with E-state index in [9.17, 15) is 0 Å². The van der Waals surface area contributed by atoms with Crippen molar-refractivity contribution in [3.8, 4) is 10.6 Å². The quantitative estimate of drug-likeness (QED) is 0.910. The lowest BCUT2D eigenvalue weighted by Gasteiger charge is -2.21. The first-order valence-electron chi connectivity index (χ1n) is 8.09. The molecule has 1 N–H and O–H groups in total. The molecule has 1 aromatic heterocycles. The number of benzene rings is 1. The Kier molecular flexibility index (Phi) is 3.56. The minimum Gasteiger partial charge on any atom is -0.313 e. The van der Waals surface area contributed by atoms with E-state index in [0.29, 0.717) is 5.92 Å². The van der Waals surface area contributed by atoms with Crippen molar-refractivity contribution < 1.29 is 0 Å². The van der Waals surface area contributed by atoms with Gasteiger partial charge >= 0.3 is 0 Å². The van der Waals surface area contributed by atoms with Crippen molar-refractivity contribution in [1.82, 2.24) is 10.3 Å². The SMILES string of the molecule is Cc1ccc(-c2nc3c(s2)CCCC3CNC2CC2)cc1. The molecule has 0 spiro atoms. The molecule has 2 aliphatic rings. The molecule has 3 heteroatoms. The van der Waals surface area contributed by atoms with E-state index >= 15 is 0 Å². The molecule has 1 fully saturated rings. The lowest BCUT2D eigenvalue weighted by atomic mass is 9.91. The molecule has 4 rings (SSSR count). The fourth-order valence-electron chi connectivity index (χ4n) is 3.12. The van der Waals surface area contributed by atoms with Crippen molar-refractivity contribution in [3.63, 3.8) is 0 Å². The van der Waals surface area contributed by atoms with Gasteiger partial charge < -0.3 is 5.32 Å². The Morgan fingerprint density at radius 1 is 1.19 bits per heavy atom. The molecular formula is C18H22N2S. The molecule has 0 bridgehead atoms. The largest absolute Gasteiger partial charge is 0.313 e. The van der Waals surface area contributed by atoms with Crippen molar-refractivity contribution in [2.75, 3.05) is 6.54 Å². The van der Waals surface area contributed by atoms with Crippen molar-refractivity contribution >= 4 is 11.3 Å². The van der Waals surface area contributed by atoms with Gasteiger partial charge in [-0.15, -0.1) is 11.3 Å². The second kappa shape index (κ2) is 5.54. The summed E-state index contributed by atoms with van der Waals surface area (Å²) in [7, 11) is 0. The van der Waals surface area contributed by atoms with Crippen LogP contribution in [0.5, 0.6) is 0 Å². The van der Waals surface area contributed by atoms with Crippen molar-refractivity contribution in [3.05, 3.63) is 40.4 Å². The average molecular weight is 298 g/mol. The van der Waals surface area contributed by atoms with Gasteiger partial charge in [-0.3, -0.25) is 0 Å². The van der Waals surface area contributed by atoms with Crippen LogP contribution in [0.4, 0.5) is 0 Å². The van der Waals surface area contributed by atoms with Crippen LogP contribution in [-0.2, 0) is 6.42 Å². The first kappa shape index (κ1) is 13.5. The average Bonchev–Trinajstić information content (AvgIpc) is 3.22. The lowest BCUT2D eigenvalue weighted by Crippen LogP contribution is -2.25. The third-order valence-electron chi connectivity index (χ3n) is 4.60. The summed E-state index contributed by atoms with van der Waals surface area (Å²) in [5, 5.41) is 4.90. The highest BCUT2D eigenvalue weighted by Crippen LogP contribution is 2.38. The topological polar surface area (TPSA) is 24.9 Å². The van der Waals surface area contributed by atoms with E-state index in [4.69, 9.17) is 4.98 Å². The Labute approximate surface area is 130 Å². The third-order valence-corrected chi connectivity index (χ3v) is 5.78. The highest BCUT2D eigenvalue weighted by Gasteiger charge is 2.27. The smallest absolute Gasteiger partial charge is 0.123 e. The van der Waals surface area contributed by atoms with Crippen molar-refractivity contribution in [1.29, 1.82) is 0 Å². The van der Waals surface area contributed by atoms with E-state index in [-0.39, 0.29) is 0 Å². The molecule has 1 unspecified atom stereocenters. The lowest BCUT2D eigenvalue weighted by molar-refractivity contribution is 0.500. The van der Waals surface area contributed by atoms with Crippen LogP contribution >= 0.6 is 11.3 Å². The number of hydrogen-bond acceptors (Lipinski definition) is 3. The molecule has 2 aliphatic carbocycles. The predicted octanol–water partition coefficient (Wildman–Crippen LogP) is 4.29. The normalized spacial score (nSPS) is 21.3. The van der Waals surface area contributed by atoms with Gasteiger partial charge in [-0.1, -0.05) is 29.8 Å². The maximum atomic E-state index is 5.01. The van der Waals surface area contributed by atoms with E-state index in [1.807, 2.05) is 11.3 Å². The molecule has 0 aliphatic heterocycles. The minimum absolute atomic E-state index is 0.629. The Bertz CT molecular complexity index is 625. The summed E-state index contributed by atoms with van der Waals surface area (Å²) in [6.07, 6.45) is 6.57. The van der Waals surface area contributed by atoms with Crippen molar-refractivity contribution in [2.45, 2.75) is 51.0 Å². The fourth-order valence-corrected chi connectivity index (χ4v) is 4.32. The van der Waals surface area contributed by atoms with Gasteiger partial charge in [0.15, 0.2) is 0 Å². The number of aryl methyl sites for hydroxylation is 2. The molecule has 0 radical (unpaired) electrons. The minimum atomic E-state index is 0.629. The van der Waals surface area contributed by atoms with Crippen LogP contribution in [0, 0.1) is 6.92 Å². The van der Waals surface area contributed by atoms with Crippen molar-refractivity contribution in [2.24, 2.45) is 0 Å². The van der Waals surface area contributed by atoms with Gasteiger partial charge in [0.1, 0.15) is 5.01 Å². The standard InChI is InChI=1S/C18H22N2S/c1-12-5-7-13(8-6-12)18-20-17-14(11-19-15-9-10-15)3-2-4-16(17)21-18/h5-8,14-15,19H,2-4,9-11H2,1H3. The van der Waals surface area contributed by atoms with E-state index in [1.54, 1.807) is 0 Å². The molecule has 1 atom stereocenters. The molecule has 1 heterocycles. The second-order valence-corrected chi connectivity index (χ2v) is 7.55. The summed E-state index contributed by atoms with van der Waals surface area (Å²) in [6.45, 7) is 3.25. The third kappa shape index (κ3) is 2.90. The number of nitrogens with zero attached hydrogens (tertiary/aromatic N) is 1. The summed E-state index contributed by atoms with van der Waals surface area (Å²) in [5.41, 5.74) is 3.97. The van der Waals surface area contributed by atoms with Crippen LogP contribution in [0.2, 0.25) is 0 Å². The molecule has 0 amide bonds. The molecular weight excluding hydrogens is 276 g/mol. The van der Waals surface area contributed by atoms with Crippen LogP contribution in [0.15, 0.2) is 24.3 Å². The molecule has 110 valence electrons. The van der Waals surface area contributed by atoms with E-state index < -0.39 is 0 Å². The van der Waals surface area contributed by atoms with Gasteiger partial charge in [0, 0.05) is 28.9 Å². The van der Waals surface area contributed by atoms with Crippen LogP contribution < -0.4 is 5.32 Å². The number of rotatable bonds is 4. The summed E-state index contributed by atoms with van der Waals surface area (Å²) < 4.78 is 0. The molecule has 21 heavy (non-hydrogen) atoms. The first-order valence-corrected chi connectivity index (χ1v) is 8.91. The van der Waals surface area contributed by atoms with E-state index in [0.717, 1.165) is 12.6 Å². The van der Waals surface area contributed by atoms with Gasteiger partial charge in [-0.25, -0.2) is 4.98 Å². The monoisotopic (exact) mass is 298 g/mol. The van der Waals surface area contributed by atoms with Gasteiger partial charge in [-0.05, 0) is 39.0 Å². The fraction of sp³-hybridized carbons (Fsp3) is 0.500. The zero-order valence-electron chi connectivity index (χ0n) is 12.6. The highest BCUT2D eigenvalue weighted by molar-refractivity contribution is 7.15. The molecule has 0 saturated heterocycles. The number of nitrogens with one attached hydrogen (secondary N) is 1. The number of aromatic nitrogens is 1. The number of hydrogen-bond donors (Lipinski definition) is 1. The summed E-state index contributed by atoms with van der Waals surface area (Å²) in [6, 6.07) is 9.57. The summed E-state index contributed by atoms with van der Waals surface area (Å²) >= 11 is 1.91. The van der Waals surface area contributed by atoms with E-state index in [1.165, 1.54) is 58.8 Å². The van der Waals surface area contributed by atoms with Gasteiger partial charge in [0.25, 0.3) is 0 Å². The molecule has 2 aromatic rings. The Morgan fingerprint density at radius 2 is 2.00 bits per heavy atom. The highest BCUT2D eigenvalue weighted by atomic mass is 32.1. The molecule has 1 aromatic carbocycles. The zero-order chi connectivity index (χ0) is 14.2. The predicted molar refractivity (Wildman–Crippen MR) is 89.0 cm³/mol. The zero-order valence-corrected chi connectivity index (χ0v) is 13.4. The van der Waals surface area contributed by atoms with Crippen LogP contribution in [0.25, 0.3) is 10.6 Å². The maximum Gasteiger partial charge on any atom is 0.123 e. The van der Waals surface area contributed by atoms with Crippen LogP contribution in [-0.4, -0.2) is 17.6 Å². The molecule has 2 nitrogen and oxygen atoms in total. The van der Waals surface area contributed by atoms with Crippen LogP contribution in [0.1, 0.15) is 47.7 Å². The maximum absolute atomic E-state index is 5.01. The van der Waals surface area contributed by atoms with Gasteiger partial charge in [0.05, 0.1) is 5.69 Å². The van der Waals surface area contributed by atoms with Gasteiger partial charge in [0.2, 0.25) is 0 Å². The van der Waals surface area contributed by atoms with Gasteiger partial charge in [-0.2, -0.15) is 0 Å². The summed E-state index contributed by atoms with van der Waals surface area (Å²) in [5.74, 6) is 0.629. The van der Waals surface area contributed by atoms with Crippen LogP contribution in [0.3, 0.4) is 0 Å². The summed E-state index contributed by atoms with van der Waals surface area (Å²) in [4.78, 5) is 6.54. The van der Waals surface area contributed by atoms with E-state index in [2.05, 4.69) is 36.5 Å². The number of thiazole rings is 1. The Balaban J connectivity index is 1.58. The first-order chi connectivity index (χ1) is 10.3. The molecule has 1 saturated carbocycles.